The highest BCUT2D eigenvalue weighted by Gasteiger charge is 2.24. The Hall–Kier alpha value is 0.400. The number of aliphatic hydroxyl groups is 1. The molecule has 1 saturated heterocycles. The lowest BCUT2D eigenvalue weighted by atomic mass is 9.86. The Morgan fingerprint density at radius 2 is 2.08 bits per heavy atom. The van der Waals surface area contributed by atoms with Crippen LogP contribution in [0.4, 0.5) is 0 Å². The number of hydrogen-bond acceptors (Lipinski definition) is 2. The van der Waals surface area contributed by atoms with Gasteiger partial charge in [0.05, 0.1) is 0 Å². The van der Waals surface area contributed by atoms with Crippen LogP contribution in [0.1, 0.15) is 19.8 Å². The van der Waals surface area contributed by atoms with E-state index in [4.69, 9.17) is 5.11 Å². The second-order valence-electron chi connectivity index (χ2n) is 3.87. The molecule has 0 spiro atoms. The standard InChI is InChI=1S/C10H20BrNO/c1-2-12-5-3-9(4-6-12)10(7-11)8-13/h9-10,13H,2-8H2,1H3. The number of likely N-dealkylation sites (tertiary alicyclic amines) is 1. The molecule has 1 rings (SSSR count). The molecule has 0 aromatic rings. The highest BCUT2D eigenvalue weighted by atomic mass is 79.9. The predicted molar refractivity (Wildman–Crippen MR) is 59.2 cm³/mol. The molecule has 1 unspecified atom stereocenters. The molecule has 2 nitrogen and oxygen atoms in total. The second-order valence-corrected chi connectivity index (χ2v) is 4.52. The van der Waals surface area contributed by atoms with E-state index in [2.05, 4.69) is 27.8 Å². The van der Waals surface area contributed by atoms with Gasteiger partial charge in [-0.25, -0.2) is 0 Å². The molecule has 0 saturated carbocycles. The van der Waals surface area contributed by atoms with E-state index in [1.165, 1.54) is 32.5 Å². The third kappa shape index (κ3) is 3.22. The molecule has 1 aliphatic heterocycles. The summed E-state index contributed by atoms with van der Waals surface area (Å²) in [4.78, 5) is 2.49. The Labute approximate surface area is 89.4 Å². The molecular formula is C10H20BrNO. The lowest BCUT2D eigenvalue weighted by Gasteiger charge is -2.34. The van der Waals surface area contributed by atoms with Gasteiger partial charge in [0, 0.05) is 11.9 Å². The Morgan fingerprint density at radius 3 is 2.46 bits per heavy atom. The SMILES string of the molecule is CCN1CCC(C(CO)CBr)CC1. The van der Waals surface area contributed by atoms with E-state index in [0.717, 1.165) is 11.2 Å². The van der Waals surface area contributed by atoms with Gasteiger partial charge in [0.25, 0.3) is 0 Å². The first-order valence-corrected chi connectivity index (χ1v) is 6.33. The van der Waals surface area contributed by atoms with Crippen LogP contribution in [0.3, 0.4) is 0 Å². The summed E-state index contributed by atoms with van der Waals surface area (Å²) in [5.41, 5.74) is 0. The number of hydrogen-bond donors (Lipinski definition) is 1. The second kappa shape index (κ2) is 5.99. The van der Waals surface area contributed by atoms with Crippen LogP contribution in [0.2, 0.25) is 0 Å². The summed E-state index contributed by atoms with van der Waals surface area (Å²) < 4.78 is 0. The fraction of sp³-hybridized carbons (Fsp3) is 1.00. The molecule has 1 fully saturated rings. The van der Waals surface area contributed by atoms with Gasteiger partial charge >= 0.3 is 0 Å². The van der Waals surface area contributed by atoms with Crippen molar-refractivity contribution in [3.8, 4) is 0 Å². The van der Waals surface area contributed by atoms with Crippen molar-refractivity contribution < 1.29 is 5.11 Å². The molecule has 1 N–H and O–H groups in total. The summed E-state index contributed by atoms with van der Waals surface area (Å²) in [6.45, 7) is 6.15. The molecule has 3 heteroatoms. The Balaban J connectivity index is 2.30. The fourth-order valence-corrected chi connectivity index (χ4v) is 2.80. The zero-order valence-electron chi connectivity index (χ0n) is 8.38. The molecule has 13 heavy (non-hydrogen) atoms. The van der Waals surface area contributed by atoms with Crippen LogP contribution in [0.25, 0.3) is 0 Å². The van der Waals surface area contributed by atoms with Crippen molar-refractivity contribution >= 4 is 15.9 Å². The molecule has 0 aliphatic carbocycles. The van der Waals surface area contributed by atoms with E-state index < -0.39 is 0 Å². The summed E-state index contributed by atoms with van der Waals surface area (Å²) >= 11 is 3.47. The molecule has 0 aromatic carbocycles. The monoisotopic (exact) mass is 249 g/mol. The molecule has 78 valence electrons. The van der Waals surface area contributed by atoms with Gasteiger partial charge in [-0.1, -0.05) is 22.9 Å². The topological polar surface area (TPSA) is 23.5 Å². The van der Waals surface area contributed by atoms with Crippen molar-refractivity contribution in [1.82, 2.24) is 4.90 Å². The molecule has 1 heterocycles. The first-order chi connectivity index (χ1) is 6.31. The van der Waals surface area contributed by atoms with Gasteiger partial charge in [0.2, 0.25) is 0 Å². The van der Waals surface area contributed by atoms with E-state index in [1.807, 2.05) is 0 Å². The molecule has 0 radical (unpaired) electrons. The van der Waals surface area contributed by atoms with Crippen molar-refractivity contribution in [3.63, 3.8) is 0 Å². The van der Waals surface area contributed by atoms with Crippen molar-refractivity contribution in [3.05, 3.63) is 0 Å². The van der Waals surface area contributed by atoms with Crippen LogP contribution in [-0.2, 0) is 0 Å². The number of piperidine rings is 1. The molecular weight excluding hydrogens is 230 g/mol. The normalized spacial score (nSPS) is 23.3. The van der Waals surface area contributed by atoms with Gasteiger partial charge in [-0.3, -0.25) is 0 Å². The summed E-state index contributed by atoms with van der Waals surface area (Å²) in [7, 11) is 0. The average Bonchev–Trinajstić information content (AvgIpc) is 2.21. The van der Waals surface area contributed by atoms with Crippen LogP contribution in [0, 0.1) is 11.8 Å². The fourth-order valence-electron chi connectivity index (χ4n) is 2.06. The van der Waals surface area contributed by atoms with Gasteiger partial charge in [-0.15, -0.1) is 0 Å². The molecule has 0 bridgehead atoms. The van der Waals surface area contributed by atoms with E-state index in [0.29, 0.717) is 12.5 Å². The smallest absolute Gasteiger partial charge is 0.0469 e. The van der Waals surface area contributed by atoms with E-state index in [-0.39, 0.29) is 0 Å². The quantitative estimate of drug-likeness (QED) is 0.768. The van der Waals surface area contributed by atoms with Crippen LogP contribution in [-0.4, -0.2) is 41.6 Å². The van der Waals surface area contributed by atoms with Gasteiger partial charge in [0.15, 0.2) is 0 Å². The number of rotatable bonds is 4. The molecule has 1 atom stereocenters. The zero-order chi connectivity index (χ0) is 9.68. The van der Waals surface area contributed by atoms with Crippen molar-refractivity contribution in [2.24, 2.45) is 11.8 Å². The maximum absolute atomic E-state index is 9.16. The van der Waals surface area contributed by atoms with Crippen LogP contribution in [0.15, 0.2) is 0 Å². The maximum atomic E-state index is 9.16. The van der Waals surface area contributed by atoms with Crippen molar-refractivity contribution in [2.75, 3.05) is 31.6 Å². The predicted octanol–water partition coefficient (Wildman–Crippen LogP) is 1.72. The van der Waals surface area contributed by atoms with Gasteiger partial charge in [0.1, 0.15) is 0 Å². The lowest BCUT2D eigenvalue weighted by Crippen LogP contribution is -2.37. The summed E-state index contributed by atoms with van der Waals surface area (Å²) in [5.74, 6) is 1.20. The minimum atomic E-state index is 0.335. The summed E-state index contributed by atoms with van der Waals surface area (Å²) in [6, 6.07) is 0. The van der Waals surface area contributed by atoms with Crippen LogP contribution < -0.4 is 0 Å². The Kier molecular flexibility index (Phi) is 5.29. The number of aliphatic hydroxyl groups excluding tert-OH is 1. The van der Waals surface area contributed by atoms with Crippen LogP contribution >= 0.6 is 15.9 Å². The average molecular weight is 250 g/mol. The first kappa shape index (κ1) is 11.5. The van der Waals surface area contributed by atoms with Gasteiger partial charge in [-0.2, -0.15) is 0 Å². The third-order valence-electron chi connectivity index (χ3n) is 3.18. The minimum Gasteiger partial charge on any atom is -0.396 e. The highest BCUT2D eigenvalue weighted by Crippen LogP contribution is 2.25. The van der Waals surface area contributed by atoms with E-state index in [1.54, 1.807) is 0 Å². The largest absolute Gasteiger partial charge is 0.396 e. The summed E-state index contributed by atoms with van der Waals surface area (Å²) in [5, 5.41) is 10.1. The van der Waals surface area contributed by atoms with E-state index >= 15 is 0 Å². The zero-order valence-corrected chi connectivity index (χ0v) is 9.96. The van der Waals surface area contributed by atoms with E-state index in [9.17, 15) is 0 Å². The molecule has 0 aromatic heterocycles. The van der Waals surface area contributed by atoms with Gasteiger partial charge < -0.3 is 10.0 Å². The minimum absolute atomic E-state index is 0.335. The highest BCUT2D eigenvalue weighted by molar-refractivity contribution is 9.09. The number of nitrogens with zero attached hydrogens (tertiary/aromatic N) is 1. The Morgan fingerprint density at radius 1 is 1.46 bits per heavy atom. The van der Waals surface area contributed by atoms with Crippen molar-refractivity contribution in [1.29, 1.82) is 0 Å². The number of alkyl halides is 1. The number of halogens is 1. The van der Waals surface area contributed by atoms with Gasteiger partial charge in [-0.05, 0) is 44.3 Å². The van der Waals surface area contributed by atoms with Crippen molar-refractivity contribution in [2.45, 2.75) is 19.8 Å². The molecule has 1 aliphatic rings. The Bertz CT molecular complexity index is 131. The van der Waals surface area contributed by atoms with Crippen LogP contribution in [0.5, 0.6) is 0 Å². The molecule has 0 amide bonds. The summed E-state index contributed by atoms with van der Waals surface area (Å²) in [6.07, 6.45) is 2.51. The first-order valence-electron chi connectivity index (χ1n) is 5.21. The maximum Gasteiger partial charge on any atom is 0.0469 e. The lowest BCUT2D eigenvalue weighted by molar-refractivity contribution is 0.122. The third-order valence-corrected chi connectivity index (χ3v) is 4.01.